The molecule has 4 N–H and O–H groups in total. The molecular formula is C14H23N3O3. The number of methoxy groups -OCH3 is 2. The van der Waals surface area contributed by atoms with E-state index in [1.807, 2.05) is 32.0 Å². The highest BCUT2D eigenvalue weighted by Crippen LogP contribution is 2.30. The predicted octanol–water partition coefficient (Wildman–Crippen LogP) is 2.28. The van der Waals surface area contributed by atoms with Gasteiger partial charge in [-0.15, -0.1) is 0 Å². The lowest BCUT2D eigenvalue weighted by atomic mass is 9.88. The van der Waals surface area contributed by atoms with Crippen LogP contribution in [0.5, 0.6) is 11.5 Å². The molecule has 0 heterocycles. The molecule has 0 fully saturated rings. The topological polar surface area (TPSA) is 89.1 Å². The van der Waals surface area contributed by atoms with E-state index in [2.05, 4.69) is 10.5 Å². The Morgan fingerprint density at radius 2 is 1.95 bits per heavy atom. The fourth-order valence-corrected chi connectivity index (χ4v) is 1.73. The van der Waals surface area contributed by atoms with Crippen molar-refractivity contribution in [2.24, 2.45) is 16.3 Å². The minimum atomic E-state index is -0.363. The molecule has 0 aliphatic heterocycles. The number of amidine groups is 1. The maximum atomic E-state index is 8.72. The minimum absolute atomic E-state index is 0.228. The van der Waals surface area contributed by atoms with Crippen LogP contribution in [0.3, 0.4) is 0 Å². The highest BCUT2D eigenvalue weighted by molar-refractivity contribution is 5.85. The summed E-state index contributed by atoms with van der Waals surface area (Å²) in [4.78, 5) is 0. The van der Waals surface area contributed by atoms with Gasteiger partial charge in [-0.3, -0.25) is 0 Å². The molecule has 0 aliphatic carbocycles. The zero-order valence-corrected chi connectivity index (χ0v) is 12.4. The second kappa shape index (κ2) is 6.88. The summed E-state index contributed by atoms with van der Waals surface area (Å²) < 4.78 is 10.4. The molecule has 1 aromatic carbocycles. The number of nitrogens with two attached hydrogens (primary N) is 1. The molecule has 0 amide bonds. The third-order valence-corrected chi connectivity index (χ3v) is 3.26. The molecule has 0 aliphatic rings. The van der Waals surface area contributed by atoms with Crippen LogP contribution in [0.4, 0.5) is 5.69 Å². The Labute approximate surface area is 119 Å². The number of anilines is 1. The SMILES string of the molecule is COc1ccc(NCCC(C)(C)C(N)=NO)cc1OC. The summed E-state index contributed by atoms with van der Waals surface area (Å²) in [6, 6.07) is 5.63. The molecule has 112 valence electrons. The lowest BCUT2D eigenvalue weighted by molar-refractivity contribution is 0.306. The van der Waals surface area contributed by atoms with Crippen molar-refractivity contribution in [3.05, 3.63) is 18.2 Å². The first-order chi connectivity index (χ1) is 9.44. The van der Waals surface area contributed by atoms with Crippen molar-refractivity contribution in [1.29, 1.82) is 0 Å². The van der Waals surface area contributed by atoms with E-state index in [1.165, 1.54) is 0 Å². The van der Waals surface area contributed by atoms with Gasteiger partial charge >= 0.3 is 0 Å². The number of hydrogen-bond donors (Lipinski definition) is 3. The molecule has 0 bridgehead atoms. The van der Waals surface area contributed by atoms with E-state index in [4.69, 9.17) is 20.4 Å². The molecule has 1 aromatic rings. The maximum absolute atomic E-state index is 8.72. The van der Waals surface area contributed by atoms with Crippen molar-refractivity contribution in [2.75, 3.05) is 26.1 Å². The lowest BCUT2D eigenvalue weighted by Crippen LogP contribution is -2.33. The summed E-state index contributed by atoms with van der Waals surface area (Å²) in [5, 5.41) is 15.1. The van der Waals surface area contributed by atoms with E-state index >= 15 is 0 Å². The maximum Gasteiger partial charge on any atom is 0.162 e. The Balaban J connectivity index is 2.63. The number of rotatable bonds is 7. The number of hydrogen-bond acceptors (Lipinski definition) is 5. The molecule has 0 saturated heterocycles. The van der Waals surface area contributed by atoms with Gasteiger partial charge in [0, 0.05) is 23.7 Å². The van der Waals surface area contributed by atoms with Crippen LogP contribution in [0.2, 0.25) is 0 Å². The van der Waals surface area contributed by atoms with Crippen molar-refractivity contribution in [1.82, 2.24) is 0 Å². The monoisotopic (exact) mass is 281 g/mol. The summed E-state index contributed by atoms with van der Waals surface area (Å²) >= 11 is 0. The number of oxime groups is 1. The van der Waals surface area contributed by atoms with Crippen molar-refractivity contribution >= 4 is 11.5 Å². The Hall–Kier alpha value is -2.11. The number of nitrogens with zero attached hydrogens (tertiary/aromatic N) is 1. The zero-order chi connectivity index (χ0) is 15.2. The second-order valence-electron chi connectivity index (χ2n) is 5.12. The van der Waals surface area contributed by atoms with E-state index in [1.54, 1.807) is 14.2 Å². The van der Waals surface area contributed by atoms with Gasteiger partial charge in [0.2, 0.25) is 0 Å². The summed E-state index contributed by atoms with van der Waals surface area (Å²) in [7, 11) is 3.20. The molecule has 1 rings (SSSR count). The average molecular weight is 281 g/mol. The molecular weight excluding hydrogens is 258 g/mol. The van der Waals surface area contributed by atoms with Gasteiger partial charge in [-0.25, -0.2) is 0 Å². The van der Waals surface area contributed by atoms with Crippen LogP contribution in [-0.4, -0.2) is 31.8 Å². The van der Waals surface area contributed by atoms with Gasteiger partial charge in [-0.2, -0.15) is 0 Å². The summed E-state index contributed by atoms with van der Waals surface area (Å²) in [5.41, 5.74) is 6.22. The van der Waals surface area contributed by atoms with Gasteiger partial charge < -0.3 is 25.7 Å². The smallest absolute Gasteiger partial charge is 0.162 e. The number of nitrogens with one attached hydrogen (secondary N) is 1. The lowest BCUT2D eigenvalue weighted by Gasteiger charge is -2.23. The Morgan fingerprint density at radius 3 is 2.50 bits per heavy atom. The van der Waals surface area contributed by atoms with Gasteiger partial charge in [-0.1, -0.05) is 19.0 Å². The first-order valence-electron chi connectivity index (χ1n) is 6.38. The van der Waals surface area contributed by atoms with E-state index in [9.17, 15) is 0 Å². The third-order valence-electron chi connectivity index (χ3n) is 3.26. The van der Waals surface area contributed by atoms with Gasteiger partial charge in [-0.05, 0) is 18.6 Å². The van der Waals surface area contributed by atoms with Gasteiger partial charge in [0.05, 0.1) is 14.2 Å². The standard InChI is InChI=1S/C14H23N3O3/c1-14(2,13(15)17-18)7-8-16-10-5-6-11(19-3)12(9-10)20-4/h5-6,9,16,18H,7-8H2,1-4H3,(H2,15,17). The fourth-order valence-electron chi connectivity index (χ4n) is 1.73. The van der Waals surface area contributed by atoms with Crippen LogP contribution >= 0.6 is 0 Å². The molecule has 6 heteroatoms. The Kier molecular flexibility index (Phi) is 5.49. The largest absolute Gasteiger partial charge is 0.493 e. The van der Waals surface area contributed by atoms with Crippen molar-refractivity contribution in [3.63, 3.8) is 0 Å². The predicted molar refractivity (Wildman–Crippen MR) is 79.8 cm³/mol. The molecule has 0 spiro atoms. The average Bonchev–Trinajstić information content (AvgIpc) is 2.45. The molecule has 0 saturated carbocycles. The van der Waals surface area contributed by atoms with Gasteiger partial charge in [0.15, 0.2) is 11.5 Å². The fraction of sp³-hybridized carbons (Fsp3) is 0.500. The molecule has 20 heavy (non-hydrogen) atoms. The zero-order valence-electron chi connectivity index (χ0n) is 12.4. The van der Waals surface area contributed by atoms with E-state index in [0.717, 1.165) is 12.1 Å². The first kappa shape index (κ1) is 15.9. The van der Waals surface area contributed by atoms with Crippen LogP contribution < -0.4 is 20.5 Å². The van der Waals surface area contributed by atoms with Crippen molar-refractivity contribution in [3.8, 4) is 11.5 Å². The van der Waals surface area contributed by atoms with Crippen molar-refractivity contribution < 1.29 is 14.7 Å². The van der Waals surface area contributed by atoms with E-state index in [-0.39, 0.29) is 11.3 Å². The molecule has 6 nitrogen and oxygen atoms in total. The highest BCUT2D eigenvalue weighted by Gasteiger charge is 2.22. The van der Waals surface area contributed by atoms with Crippen LogP contribution in [-0.2, 0) is 0 Å². The van der Waals surface area contributed by atoms with Crippen LogP contribution in [0.15, 0.2) is 23.4 Å². The second-order valence-corrected chi connectivity index (χ2v) is 5.12. The van der Waals surface area contributed by atoms with Crippen LogP contribution in [0.1, 0.15) is 20.3 Å². The molecule has 0 unspecified atom stereocenters. The first-order valence-corrected chi connectivity index (χ1v) is 6.38. The number of benzene rings is 1. The van der Waals surface area contributed by atoms with E-state index in [0.29, 0.717) is 18.0 Å². The van der Waals surface area contributed by atoms with Crippen LogP contribution in [0.25, 0.3) is 0 Å². The molecule has 0 atom stereocenters. The normalized spacial score (nSPS) is 12.1. The Morgan fingerprint density at radius 1 is 1.30 bits per heavy atom. The summed E-state index contributed by atoms with van der Waals surface area (Å²) in [6.07, 6.45) is 0.733. The molecule has 0 aromatic heterocycles. The third kappa shape index (κ3) is 3.94. The summed E-state index contributed by atoms with van der Waals surface area (Å²) in [5.74, 6) is 1.59. The summed E-state index contributed by atoms with van der Waals surface area (Å²) in [6.45, 7) is 4.55. The van der Waals surface area contributed by atoms with Crippen LogP contribution in [0, 0.1) is 5.41 Å². The highest BCUT2D eigenvalue weighted by atomic mass is 16.5. The van der Waals surface area contributed by atoms with Crippen molar-refractivity contribution in [2.45, 2.75) is 20.3 Å². The van der Waals surface area contributed by atoms with Gasteiger partial charge in [0.25, 0.3) is 0 Å². The minimum Gasteiger partial charge on any atom is -0.493 e. The quantitative estimate of drug-likeness (QED) is 0.309. The van der Waals surface area contributed by atoms with Gasteiger partial charge in [0.1, 0.15) is 5.84 Å². The Bertz CT molecular complexity index is 473. The molecule has 0 radical (unpaired) electrons. The number of ether oxygens (including phenoxy) is 2. The van der Waals surface area contributed by atoms with E-state index < -0.39 is 0 Å².